The highest BCUT2D eigenvalue weighted by molar-refractivity contribution is 7.92. The number of rotatable bonds is 7. The lowest BCUT2D eigenvalue weighted by Gasteiger charge is -2.37. The number of ether oxygens (including phenoxy) is 1. The molecule has 1 atom stereocenters. The van der Waals surface area contributed by atoms with Crippen molar-refractivity contribution in [3.8, 4) is 0 Å². The van der Waals surface area contributed by atoms with Crippen molar-refractivity contribution >= 4 is 44.9 Å². The summed E-state index contributed by atoms with van der Waals surface area (Å²) in [6.07, 6.45) is 1.47. The topological polar surface area (TPSA) is 124 Å². The molecule has 188 valence electrons. The van der Waals surface area contributed by atoms with Gasteiger partial charge in [0.15, 0.2) is 0 Å². The lowest BCUT2D eigenvalue weighted by molar-refractivity contribution is -0.119. The van der Waals surface area contributed by atoms with Gasteiger partial charge in [0.25, 0.3) is 0 Å². The highest BCUT2D eigenvalue weighted by Gasteiger charge is 2.33. The van der Waals surface area contributed by atoms with E-state index in [2.05, 4.69) is 15.0 Å². The summed E-state index contributed by atoms with van der Waals surface area (Å²) in [5.74, 6) is 0.0519. The van der Waals surface area contributed by atoms with Crippen molar-refractivity contribution in [1.82, 2.24) is 10.3 Å². The third-order valence-electron chi connectivity index (χ3n) is 5.69. The molecule has 0 radical (unpaired) electrons. The average molecular weight is 507 g/mol. The van der Waals surface area contributed by atoms with Crippen molar-refractivity contribution in [2.75, 3.05) is 64.9 Å². The summed E-state index contributed by atoms with van der Waals surface area (Å²) in [5.41, 5.74) is 1.23. The molecule has 35 heavy (non-hydrogen) atoms. The van der Waals surface area contributed by atoms with E-state index in [1.54, 1.807) is 24.3 Å². The van der Waals surface area contributed by atoms with Gasteiger partial charge in [0.1, 0.15) is 17.7 Å². The number of halogens is 1. The van der Waals surface area contributed by atoms with Crippen molar-refractivity contribution in [3.63, 3.8) is 0 Å². The second-order valence-electron chi connectivity index (χ2n) is 8.44. The van der Waals surface area contributed by atoms with Crippen LogP contribution in [-0.2, 0) is 19.6 Å². The molecule has 2 fully saturated rings. The Morgan fingerprint density at radius 3 is 2.49 bits per heavy atom. The highest BCUT2D eigenvalue weighted by atomic mass is 32.2. The molecule has 2 aliphatic heterocycles. The second-order valence-corrected chi connectivity index (χ2v) is 10.2. The van der Waals surface area contributed by atoms with Crippen molar-refractivity contribution in [2.24, 2.45) is 0 Å². The molecule has 13 heteroatoms. The Hall–Kier alpha value is -3.61. The molecular formula is C22H27FN6O5S. The lowest BCUT2D eigenvalue weighted by atomic mass is 10.2. The fourth-order valence-corrected chi connectivity index (χ4v) is 4.59. The molecule has 2 aromatic rings. The number of anilines is 4. The molecule has 0 saturated carbocycles. The van der Waals surface area contributed by atoms with Gasteiger partial charge in [-0.1, -0.05) is 0 Å². The van der Waals surface area contributed by atoms with E-state index in [0.717, 1.165) is 6.26 Å². The minimum atomic E-state index is -3.37. The van der Waals surface area contributed by atoms with E-state index >= 15 is 4.39 Å². The lowest BCUT2D eigenvalue weighted by Crippen LogP contribution is -2.47. The molecule has 11 nitrogen and oxygen atoms in total. The summed E-state index contributed by atoms with van der Waals surface area (Å²) in [6.45, 7) is 4.15. The van der Waals surface area contributed by atoms with E-state index in [1.165, 1.54) is 24.1 Å². The van der Waals surface area contributed by atoms with E-state index in [9.17, 15) is 18.0 Å². The first-order valence-electron chi connectivity index (χ1n) is 11.0. The highest BCUT2D eigenvalue weighted by Crippen LogP contribution is 2.29. The largest absolute Gasteiger partial charge is 0.442 e. The van der Waals surface area contributed by atoms with Gasteiger partial charge >= 0.3 is 6.09 Å². The number of carbonyl (C=O) groups excluding carboxylic acids is 2. The van der Waals surface area contributed by atoms with E-state index in [1.807, 2.05) is 9.80 Å². The zero-order valence-electron chi connectivity index (χ0n) is 19.4. The number of hydrogen-bond acceptors (Lipinski definition) is 8. The van der Waals surface area contributed by atoms with Crippen LogP contribution in [0.15, 0.2) is 36.5 Å². The molecule has 0 bridgehead atoms. The number of pyridine rings is 1. The zero-order chi connectivity index (χ0) is 25.2. The van der Waals surface area contributed by atoms with Crippen LogP contribution in [0, 0.1) is 5.82 Å². The number of aromatic nitrogens is 1. The van der Waals surface area contributed by atoms with Crippen molar-refractivity contribution in [3.05, 3.63) is 42.3 Å². The van der Waals surface area contributed by atoms with Crippen LogP contribution < -0.4 is 24.7 Å². The minimum absolute atomic E-state index is 0.203. The van der Waals surface area contributed by atoms with Crippen LogP contribution in [0.4, 0.5) is 32.1 Å². The van der Waals surface area contributed by atoms with Gasteiger partial charge in [-0.25, -0.2) is 22.6 Å². The van der Waals surface area contributed by atoms with Crippen molar-refractivity contribution in [1.29, 1.82) is 0 Å². The first kappa shape index (κ1) is 24.5. The van der Waals surface area contributed by atoms with Crippen LogP contribution in [0.3, 0.4) is 0 Å². The second kappa shape index (κ2) is 9.94. The van der Waals surface area contributed by atoms with E-state index < -0.39 is 28.0 Å². The van der Waals surface area contributed by atoms with Crippen molar-refractivity contribution in [2.45, 2.75) is 13.0 Å². The van der Waals surface area contributed by atoms with Crippen LogP contribution in [0.2, 0.25) is 0 Å². The number of benzene rings is 1. The van der Waals surface area contributed by atoms with Crippen LogP contribution in [0.25, 0.3) is 0 Å². The quantitative estimate of drug-likeness (QED) is 0.577. The van der Waals surface area contributed by atoms with Crippen LogP contribution in [-0.4, -0.2) is 77.0 Å². The maximum Gasteiger partial charge on any atom is 0.414 e. The normalized spacial score (nSPS) is 18.4. The first-order valence-corrected chi connectivity index (χ1v) is 12.9. The van der Waals surface area contributed by atoms with Crippen LogP contribution in [0.5, 0.6) is 0 Å². The van der Waals surface area contributed by atoms with Gasteiger partial charge in [0.2, 0.25) is 15.9 Å². The number of cyclic esters (lactones) is 1. The molecule has 2 amide bonds. The molecule has 3 heterocycles. The summed E-state index contributed by atoms with van der Waals surface area (Å²) >= 11 is 0. The third-order valence-corrected chi connectivity index (χ3v) is 6.30. The molecule has 2 saturated heterocycles. The molecule has 0 aliphatic carbocycles. The SMILES string of the molecule is CC(=O)NC[C@H]1CN(c2ccc(N3CCN(c4ccc(NS(C)(=O)=O)cn4)CC3)c(F)c2)C(=O)O1. The van der Waals surface area contributed by atoms with Gasteiger partial charge in [0.05, 0.1) is 42.6 Å². The van der Waals surface area contributed by atoms with Gasteiger partial charge in [-0.15, -0.1) is 0 Å². The Morgan fingerprint density at radius 1 is 1.17 bits per heavy atom. The Balaban J connectivity index is 1.35. The summed E-state index contributed by atoms with van der Waals surface area (Å²) in [4.78, 5) is 32.9. The number of nitrogens with one attached hydrogen (secondary N) is 2. The number of piperazine rings is 1. The van der Waals surface area contributed by atoms with Gasteiger partial charge < -0.3 is 19.9 Å². The molecule has 1 aromatic heterocycles. The number of amides is 2. The minimum Gasteiger partial charge on any atom is -0.442 e. The maximum absolute atomic E-state index is 15.0. The first-order chi connectivity index (χ1) is 16.6. The number of carbonyl (C=O) groups is 2. The summed E-state index contributed by atoms with van der Waals surface area (Å²) < 4.78 is 45.3. The Morgan fingerprint density at radius 2 is 1.89 bits per heavy atom. The molecule has 4 rings (SSSR count). The van der Waals surface area contributed by atoms with Crippen LogP contribution >= 0.6 is 0 Å². The molecular weight excluding hydrogens is 479 g/mol. The Labute approximate surface area is 202 Å². The van der Waals surface area contributed by atoms with Gasteiger partial charge in [-0.2, -0.15) is 0 Å². The predicted molar refractivity (Wildman–Crippen MR) is 130 cm³/mol. The number of nitrogens with zero attached hydrogens (tertiary/aromatic N) is 4. The monoisotopic (exact) mass is 506 g/mol. The van der Waals surface area contributed by atoms with E-state index in [4.69, 9.17) is 4.74 Å². The average Bonchev–Trinajstić information content (AvgIpc) is 3.18. The van der Waals surface area contributed by atoms with Crippen LogP contribution in [0.1, 0.15) is 6.92 Å². The zero-order valence-corrected chi connectivity index (χ0v) is 20.2. The van der Waals surface area contributed by atoms with Gasteiger partial charge in [-0.05, 0) is 30.3 Å². The number of hydrogen-bond donors (Lipinski definition) is 2. The molecule has 2 N–H and O–H groups in total. The summed E-state index contributed by atoms with van der Waals surface area (Å²) in [7, 11) is -3.37. The summed E-state index contributed by atoms with van der Waals surface area (Å²) in [6, 6.07) is 8.05. The molecule has 0 spiro atoms. The van der Waals surface area contributed by atoms with E-state index in [-0.39, 0.29) is 19.0 Å². The summed E-state index contributed by atoms with van der Waals surface area (Å²) in [5, 5.41) is 2.61. The van der Waals surface area contributed by atoms with E-state index in [0.29, 0.717) is 49.1 Å². The maximum atomic E-state index is 15.0. The van der Waals surface area contributed by atoms with Gasteiger partial charge in [0, 0.05) is 33.1 Å². The fourth-order valence-electron chi connectivity index (χ4n) is 4.04. The molecule has 0 unspecified atom stereocenters. The number of sulfonamides is 1. The van der Waals surface area contributed by atoms with Gasteiger partial charge in [-0.3, -0.25) is 14.4 Å². The predicted octanol–water partition coefficient (Wildman–Crippen LogP) is 1.38. The Kier molecular flexibility index (Phi) is 6.96. The fraction of sp³-hybridized carbons (Fsp3) is 0.409. The smallest absolute Gasteiger partial charge is 0.414 e. The standard InChI is InChI=1S/C22H27FN6O5S/c1-15(30)24-13-18-14-29(22(31)34-18)17-4-5-20(19(23)11-17)27-7-9-28(10-8-27)21-6-3-16(12-25-21)26-35(2,32)33/h3-6,11-12,18,26H,7-10,13-14H2,1-2H3,(H,24,30)/t18-/m0/s1. The molecule has 1 aromatic carbocycles. The van der Waals surface area contributed by atoms with Crippen molar-refractivity contribution < 1.29 is 27.1 Å². The Bertz CT molecular complexity index is 1200. The molecule has 2 aliphatic rings. The third kappa shape index (κ3) is 6.10.